The fourth-order valence-corrected chi connectivity index (χ4v) is 3.97. The molecular formula is C19H19N3O4S. The largest absolute Gasteiger partial charge is 0.494 e. The van der Waals surface area contributed by atoms with E-state index < -0.39 is 16.3 Å². The summed E-state index contributed by atoms with van der Waals surface area (Å²) >= 11 is 0. The summed E-state index contributed by atoms with van der Waals surface area (Å²) in [6, 6.07) is 11.0. The fourth-order valence-electron chi connectivity index (χ4n) is 2.91. The van der Waals surface area contributed by atoms with Crippen LogP contribution < -0.4 is 14.4 Å². The normalized spacial score (nSPS) is 16.2. The first-order valence-electron chi connectivity index (χ1n) is 8.11. The van der Waals surface area contributed by atoms with Gasteiger partial charge in [0.2, 0.25) is 0 Å². The van der Waals surface area contributed by atoms with Crippen molar-refractivity contribution in [3.63, 3.8) is 0 Å². The number of aliphatic hydroxyl groups is 1. The highest BCUT2D eigenvalue weighted by Gasteiger charge is 2.24. The Hall–Kier alpha value is -3.02. The Labute approximate surface area is 158 Å². The molecule has 3 rings (SSSR count). The summed E-state index contributed by atoms with van der Waals surface area (Å²) in [7, 11) is -0.671. The zero-order chi connectivity index (χ0) is 19.8. The minimum atomic E-state index is -3.86. The summed E-state index contributed by atoms with van der Waals surface area (Å²) < 4.78 is 33.3. The number of likely N-dealkylation sites (N-methyl/N-ethyl adjacent to an activating group) is 1. The minimum absolute atomic E-state index is 0.0427. The molecule has 7 nitrogen and oxygen atoms in total. The predicted octanol–water partition coefficient (Wildman–Crippen LogP) is 2.54. The third-order valence-corrected chi connectivity index (χ3v) is 5.84. The summed E-state index contributed by atoms with van der Waals surface area (Å²) in [6.07, 6.45) is 0.927. The number of ether oxygens (including phenoxy) is 1. The van der Waals surface area contributed by atoms with Crippen molar-refractivity contribution in [3.8, 4) is 11.8 Å². The van der Waals surface area contributed by atoms with Gasteiger partial charge in [-0.05, 0) is 48.9 Å². The van der Waals surface area contributed by atoms with Crippen molar-refractivity contribution in [1.29, 1.82) is 5.26 Å². The summed E-state index contributed by atoms with van der Waals surface area (Å²) in [6.45, 7) is 1.85. The van der Waals surface area contributed by atoms with E-state index in [9.17, 15) is 13.5 Å². The van der Waals surface area contributed by atoms with Crippen LogP contribution in [0.3, 0.4) is 0 Å². The molecule has 27 heavy (non-hydrogen) atoms. The quantitative estimate of drug-likeness (QED) is 0.838. The van der Waals surface area contributed by atoms with E-state index in [1.807, 2.05) is 13.0 Å². The lowest BCUT2D eigenvalue weighted by Gasteiger charge is -2.31. The molecule has 140 valence electrons. The molecule has 0 saturated carbocycles. The van der Waals surface area contributed by atoms with Crippen molar-refractivity contribution in [2.75, 3.05) is 23.8 Å². The van der Waals surface area contributed by atoms with Gasteiger partial charge in [0, 0.05) is 18.7 Å². The van der Waals surface area contributed by atoms with Crippen LogP contribution in [0.2, 0.25) is 0 Å². The molecule has 2 N–H and O–H groups in total. The van der Waals surface area contributed by atoms with Gasteiger partial charge in [-0.1, -0.05) is 0 Å². The molecule has 1 aliphatic rings. The van der Waals surface area contributed by atoms with E-state index in [1.54, 1.807) is 30.2 Å². The molecule has 0 aromatic heterocycles. The monoisotopic (exact) mass is 385 g/mol. The maximum atomic E-state index is 12.7. The molecule has 0 bridgehead atoms. The number of anilines is 2. The first-order chi connectivity index (χ1) is 12.8. The van der Waals surface area contributed by atoms with E-state index in [1.165, 1.54) is 31.4 Å². The zero-order valence-electron chi connectivity index (χ0n) is 15.1. The molecule has 0 radical (unpaired) electrons. The smallest absolute Gasteiger partial charge is 0.262 e. The van der Waals surface area contributed by atoms with Crippen LogP contribution in [0.1, 0.15) is 18.1 Å². The number of benzene rings is 2. The number of methoxy groups -OCH3 is 1. The number of hydrogen-bond acceptors (Lipinski definition) is 6. The standard InChI is InChI=1S/C19H19N3O4S/c1-12-8-19(23)22(2)17-10-18(26-3)16(9-15(12)17)21-27(24,25)14-6-4-13(11-20)5-7-14/h4-10,19,21,23H,1-3H3. The lowest BCUT2D eigenvalue weighted by atomic mass is 9.99. The molecule has 0 saturated heterocycles. The predicted molar refractivity (Wildman–Crippen MR) is 103 cm³/mol. The first kappa shape index (κ1) is 18.8. The fraction of sp³-hybridized carbons (Fsp3) is 0.211. The zero-order valence-corrected chi connectivity index (χ0v) is 15.9. The molecule has 0 amide bonds. The second-order valence-electron chi connectivity index (χ2n) is 6.19. The van der Waals surface area contributed by atoms with Crippen molar-refractivity contribution in [1.82, 2.24) is 0 Å². The molecular weight excluding hydrogens is 366 g/mol. The minimum Gasteiger partial charge on any atom is -0.494 e. The number of allylic oxidation sites excluding steroid dienone is 1. The van der Waals surface area contributed by atoms with Crippen molar-refractivity contribution in [2.45, 2.75) is 18.0 Å². The average Bonchev–Trinajstić information content (AvgIpc) is 2.65. The molecule has 1 unspecified atom stereocenters. The van der Waals surface area contributed by atoms with Gasteiger partial charge < -0.3 is 14.7 Å². The maximum absolute atomic E-state index is 12.7. The first-order valence-corrected chi connectivity index (χ1v) is 9.60. The molecule has 1 aliphatic heterocycles. The van der Waals surface area contributed by atoms with Gasteiger partial charge in [0.1, 0.15) is 12.0 Å². The molecule has 0 aliphatic carbocycles. The number of nitrogens with zero attached hydrogens (tertiary/aromatic N) is 2. The van der Waals surface area contributed by atoms with Gasteiger partial charge in [-0.2, -0.15) is 5.26 Å². The molecule has 1 atom stereocenters. The molecule has 1 heterocycles. The second-order valence-corrected chi connectivity index (χ2v) is 7.87. The van der Waals surface area contributed by atoms with E-state index in [0.29, 0.717) is 11.3 Å². The van der Waals surface area contributed by atoms with Crippen LogP contribution in [0.4, 0.5) is 11.4 Å². The Balaban J connectivity index is 2.04. The lowest BCUT2D eigenvalue weighted by Crippen LogP contribution is -2.32. The van der Waals surface area contributed by atoms with Gasteiger partial charge in [0.25, 0.3) is 10.0 Å². The van der Waals surface area contributed by atoms with Crippen LogP contribution in [0, 0.1) is 11.3 Å². The van der Waals surface area contributed by atoms with Crippen LogP contribution >= 0.6 is 0 Å². The molecule has 0 fully saturated rings. The SMILES string of the molecule is COc1cc2c(cc1NS(=O)(=O)c1ccc(C#N)cc1)C(C)=CC(O)N2C. The van der Waals surface area contributed by atoms with Gasteiger partial charge >= 0.3 is 0 Å². The number of nitriles is 1. The lowest BCUT2D eigenvalue weighted by molar-refractivity contribution is 0.222. The van der Waals surface area contributed by atoms with Gasteiger partial charge in [-0.25, -0.2) is 8.42 Å². The summed E-state index contributed by atoms with van der Waals surface area (Å²) in [4.78, 5) is 1.71. The Kier molecular flexibility index (Phi) is 4.83. The molecule has 2 aromatic carbocycles. The third-order valence-electron chi connectivity index (χ3n) is 4.46. The highest BCUT2D eigenvalue weighted by atomic mass is 32.2. The molecule has 8 heteroatoms. The van der Waals surface area contributed by atoms with E-state index in [-0.39, 0.29) is 10.6 Å². The van der Waals surface area contributed by atoms with Crippen LogP contribution in [0.25, 0.3) is 5.57 Å². The Bertz CT molecular complexity index is 1050. The van der Waals surface area contributed by atoms with Crippen molar-refractivity contribution >= 4 is 27.0 Å². The molecule has 0 spiro atoms. The number of hydrogen-bond donors (Lipinski definition) is 2. The highest BCUT2D eigenvalue weighted by molar-refractivity contribution is 7.92. The highest BCUT2D eigenvalue weighted by Crippen LogP contribution is 2.40. The van der Waals surface area contributed by atoms with E-state index in [4.69, 9.17) is 10.00 Å². The van der Waals surface area contributed by atoms with Gasteiger partial charge in [-0.15, -0.1) is 0 Å². The van der Waals surface area contributed by atoms with Crippen LogP contribution in [0.5, 0.6) is 5.75 Å². The number of fused-ring (bicyclic) bond motifs is 1. The van der Waals surface area contributed by atoms with E-state index in [0.717, 1.165) is 16.8 Å². The Morgan fingerprint density at radius 1 is 1.26 bits per heavy atom. The van der Waals surface area contributed by atoms with Crippen LogP contribution in [0.15, 0.2) is 47.4 Å². The number of rotatable bonds is 4. The van der Waals surface area contributed by atoms with Gasteiger partial charge in [-0.3, -0.25) is 4.72 Å². The number of nitrogens with one attached hydrogen (secondary N) is 1. The average molecular weight is 385 g/mol. The summed E-state index contributed by atoms with van der Waals surface area (Å²) in [5.41, 5.74) is 3.03. The summed E-state index contributed by atoms with van der Waals surface area (Å²) in [5.74, 6) is 0.333. The number of aliphatic hydroxyl groups excluding tert-OH is 1. The summed E-state index contributed by atoms with van der Waals surface area (Å²) in [5, 5.41) is 18.9. The van der Waals surface area contributed by atoms with Crippen LogP contribution in [-0.2, 0) is 10.0 Å². The third kappa shape index (κ3) is 3.47. The van der Waals surface area contributed by atoms with Crippen molar-refractivity contribution in [2.24, 2.45) is 0 Å². The van der Waals surface area contributed by atoms with Crippen LogP contribution in [-0.4, -0.2) is 33.9 Å². The van der Waals surface area contributed by atoms with E-state index >= 15 is 0 Å². The Morgan fingerprint density at radius 2 is 1.93 bits per heavy atom. The van der Waals surface area contributed by atoms with Crippen molar-refractivity contribution < 1.29 is 18.3 Å². The van der Waals surface area contributed by atoms with Gasteiger partial charge in [0.15, 0.2) is 0 Å². The van der Waals surface area contributed by atoms with Crippen molar-refractivity contribution in [3.05, 3.63) is 53.6 Å². The second kappa shape index (κ2) is 6.95. The number of sulfonamides is 1. The maximum Gasteiger partial charge on any atom is 0.262 e. The topological polar surface area (TPSA) is 103 Å². The molecule has 2 aromatic rings. The van der Waals surface area contributed by atoms with E-state index in [2.05, 4.69) is 4.72 Å². The van der Waals surface area contributed by atoms with Gasteiger partial charge in [0.05, 0.1) is 35.0 Å². The Morgan fingerprint density at radius 3 is 2.52 bits per heavy atom.